The Bertz CT molecular complexity index is 1540. The Kier molecular flexibility index (Phi) is 10.5. The Labute approximate surface area is 235 Å². The van der Waals surface area contributed by atoms with E-state index in [2.05, 4.69) is 4.89 Å². The number of ether oxygens (including phenoxy) is 2. The minimum Gasteiger partial charge on any atom is -0.508 e. The van der Waals surface area contributed by atoms with Crippen molar-refractivity contribution in [1.82, 2.24) is 0 Å². The number of carboxylic acid groups (broad SMARTS) is 1. The number of benzene rings is 4. The van der Waals surface area contributed by atoms with Crippen LogP contribution in [0.15, 0.2) is 89.8 Å². The summed E-state index contributed by atoms with van der Waals surface area (Å²) in [6.07, 6.45) is 0. The molecule has 1 unspecified atom stereocenters. The third kappa shape index (κ3) is 8.12. The van der Waals surface area contributed by atoms with Crippen molar-refractivity contribution in [3.63, 3.8) is 0 Å². The summed E-state index contributed by atoms with van der Waals surface area (Å²) >= 11 is -1.92. The summed E-state index contributed by atoms with van der Waals surface area (Å²) < 4.78 is 29.1. The molecule has 12 nitrogen and oxygen atoms in total. The first-order valence-electron chi connectivity index (χ1n) is 11.4. The van der Waals surface area contributed by atoms with Crippen LogP contribution in [-0.2, 0) is 27.4 Å². The van der Waals surface area contributed by atoms with Crippen molar-refractivity contribution in [2.75, 3.05) is 0 Å². The third-order valence-corrected chi connectivity index (χ3v) is 6.17. The summed E-state index contributed by atoms with van der Waals surface area (Å²) in [6, 6.07) is 19.4. The molecule has 4 N–H and O–H groups in total. The third-order valence-electron chi connectivity index (χ3n) is 5.17. The van der Waals surface area contributed by atoms with Crippen LogP contribution in [0.5, 0.6) is 34.5 Å². The summed E-state index contributed by atoms with van der Waals surface area (Å²) in [7, 11) is 0. The second-order valence-corrected chi connectivity index (χ2v) is 8.96. The lowest BCUT2D eigenvalue weighted by Gasteiger charge is -2.11. The molecule has 4 aromatic rings. The molecule has 0 bridgehead atoms. The van der Waals surface area contributed by atoms with E-state index in [0.717, 1.165) is 12.1 Å². The molecular formula is C28H22O12S. The number of hydrogen-bond donors (Lipinski definition) is 4. The van der Waals surface area contributed by atoms with E-state index < -0.39 is 28.6 Å². The molecule has 0 saturated heterocycles. The van der Waals surface area contributed by atoms with Crippen LogP contribution >= 0.6 is 0 Å². The Hall–Kier alpha value is -5.24. The molecule has 0 aliphatic carbocycles. The molecular weight excluding hydrogens is 560 g/mol. The van der Waals surface area contributed by atoms with Crippen molar-refractivity contribution >= 4 is 29.8 Å². The van der Waals surface area contributed by atoms with Gasteiger partial charge in [0.1, 0.15) is 47.9 Å². The van der Waals surface area contributed by atoms with E-state index in [1.165, 1.54) is 60.7 Å². The molecule has 0 spiro atoms. The molecule has 0 heterocycles. The summed E-state index contributed by atoms with van der Waals surface area (Å²) in [4.78, 5) is 36.2. The van der Waals surface area contributed by atoms with Crippen LogP contribution in [-0.4, -0.2) is 43.5 Å². The van der Waals surface area contributed by atoms with E-state index in [1.54, 1.807) is 12.1 Å². The maximum absolute atomic E-state index is 12.6. The summed E-state index contributed by atoms with van der Waals surface area (Å²) in [6.45, 7) is 1.81. The van der Waals surface area contributed by atoms with Crippen LogP contribution in [0.3, 0.4) is 0 Å². The molecule has 0 aliphatic heterocycles. The number of esters is 1. The highest BCUT2D eigenvalue weighted by Crippen LogP contribution is 2.30. The van der Waals surface area contributed by atoms with Gasteiger partial charge in [-0.15, -0.1) is 0 Å². The normalized spacial score (nSPS) is 11.0. The first-order chi connectivity index (χ1) is 19.7. The second kappa shape index (κ2) is 14.2. The first-order valence-corrected chi connectivity index (χ1v) is 12.4. The zero-order chi connectivity index (χ0) is 29.9. The number of phenols is 2. The molecule has 0 aliphatic rings. The highest BCUT2D eigenvalue weighted by Gasteiger charge is 2.19. The number of carbonyl (C=O) groups excluding carboxylic acids is 2. The van der Waals surface area contributed by atoms with Gasteiger partial charge in [-0.3, -0.25) is 5.26 Å². The monoisotopic (exact) mass is 582 g/mol. The van der Waals surface area contributed by atoms with Gasteiger partial charge in [-0.2, -0.15) is 0 Å². The summed E-state index contributed by atoms with van der Waals surface area (Å²) in [5.74, 6) is -1.56. The summed E-state index contributed by atoms with van der Waals surface area (Å²) in [5.41, 5.74) is -0.240. The topological polar surface area (TPSA) is 186 Å². The lowest BCUT2D eigenvalue weighted by Crippen LogP contribution is -2.14. The zero-order valence-electron chi connectivity index (χ0n) is 21.0. The second-order valence-electron chi connectivity index (χ2n) is 7.85. The van der Waals surface area contributed by atoms with Crippen LogP contribution in [0.4, 0.5) is 0 Å². The van der Waals surface area contributed by atoms with E-state index in [1.807, 2.05) is 6.79 Å². The average Bonchev–Trinajstić information content (AvgIpc) is 2.97. The van der Waals surface area contributed by atoms with E-state index in [0.29, 0.717) is 17.1 Å². The van der Waals surface area contributed by atoms with Crippen LogP contribution in [0, 0.1) is 0 Å². The number of aromatic carboxylic acids is 1. The van der Waals surface area contributed by atoms with Crippen LogP contribution in [0.1, 0.15) is 26.3 Å². The number of aromatic hydroxyl groups is 2. The minimum atomic E-state index is -1.92. The number of phenolic OH excluding ortho intramolecular Hbond substituents is 2. The molecule has 0 radical (unpaired) electrons. The van der Waals surface area contributed by atoms with Crippen LogP contribution < -0.4 is 13.7 Å². The van der Waals surface area contributed by atoms with E-state index >= 15 is 0 Å². The number of carbonyl (C=O) groups is 3. The smallest absolute Gasteiger partial charge is 0.344 e. The highest BCUT2D eigenvalue weighted by atomic mass is 32.2. The Morgan fingerprint density at radius 2 is 1.34 bits per heavy atom. The predicted molar refractivity (Wildman–Crippen MR) is 143 cm³/mol. The van der Waals surface area contributed by atoms with Crippen molar-refractivity contribution in [3.05, 3.63) is 102 Å². The summed E-state index contributed by atoms with van der Waals surface area (Å²) in [5, 5.41) is 37.0. The van der Waals surface area contributed by atoms with Gasteiger partial charge >= 0.3 is 11.9 Å². The fraction of sp³-hybridized carbons (Fsp3) is 0.0357. The lowest BCUT2D eigenvalue weighted by atomic mass is 10.1. The van der Waals surface area contributed by atoms with Gasteiger partial charge < -0.3 is 33.8 Å². The molecule has 0 aromatic heterocycles. The van der Waals surface area contributed by atoms with Crippen molar-refractivity contribution in [3.8, 4) is 34.5 Å². The van der Waals surface area contributed by atoms with Crippen molar-refractivity contribution in [2.24, 2.45) is 0 Å². The van der Waals surface area contributed by atoms with Gasteiger partial charge in [0, 0.05) is 5.56 Å². The SMILES string of the molecule is C=O.O=C(O)c1cc(O)ccc1C(=O)Oc1ccc(S(=O)Oc2ccc(Oc3ccc(O)cc3COO)cc2)cc1. The first kappa shape index (κ1) is 30.3. The van der Waals surface area contributed by atoms with Gasteiger partial charge in [-0.25, -0.2) is 18.7 Å². The van der Waals surface area contributed by atoms with E-state index in [9.17, 15) is 29.1 Å². The van der Waals surface area contributed by atoms with Crippen molar-refractivity contribution < 1.29 is 57.7 Å². The number of carboxylic acids is 1. The largest absolute Gasteiger partial charge is 0.508 e. The average molecular weight is 583 g/mol. The molecule has 4 rings (SSSR count). The molecule has 1 atom stereocenters. The van der Waals surface area contributed by atoms with Gasteiger partial charge in [0.05, 0.1) is 16.0 Å². The van der Waals surface area contributed by atoms with Crippen LogP contribution in [0.2, 0.25) is 0 Å². The molecule has 0 fully saturated rings. The van der Waals surface area contributed by atoms with Gasteiger partial charge in [0.2, 0.25) is 11.1 Å². The highest BCUT2D eigenvalue weighted by molar-refractivity contribution is 7.80. The molecule has 4 aromatic carbocycles. The molecule has 0 saturated carbocycles. The van der Waals surface area contributed by atoms with Gasteiger partial charge in [0.15, 0.2) is 0 Å². The quantitative estimate of drug-likeness (QED) is 0.0874. The van der Waals surface area contributed by atoms with Crippen molar-refractivity contribution in [1.29, 1.82) is 0 Å². The maximum Gasteiger partial charge on any atom is 0.344 e. The standard InChI is InChI=1S/C27H20O11S.CH2O/c28-17-2-12-25(16(13-17)15-35-33)36-19-3-5-21(6-4-19)38-39(34)22-9-7-20(8-10-22)37-27(32)23-11-1-18(29)14-24(23)26(30)31;1-2/h1-14,28-29,33H,15H2,(H,30,31);1H2. The Balaban J connectivity index is 0.00000226. The molecule has 13 heteroatoms. The molecule has 212 valence electrons. The van der Waals surface area contributed by atoms with Gasteiger partial charge in [-0.05, 0) is 84.9 Å². The van der Waals surface area contributed by atoms with Crippen molar-refractivity contribution in [2.45, 2.75) is 11.5 Å². The molecule has 0 amide bonds. The number of rotatable bonds is 10. The number of hydrogen-bond acceptors (Lipinski definition) is 11. The lowest BCUT2D eigenvalue weighted by molar-refractivity contribution is -0.253. The van der Waals surface area contributed by atoms with Gasteiger partial charge in [-0.1, -0.05) is 0 Å². The molecule has 41 heavy (non-hydrogen) atoms. The fourth-order valence-electron chi connectivity index (χ4n) is 3.34. The minimum absolute atomic E-state index is 0.0171. The maximum atomic E-state index is 12.6. The Morgan fingerprint density at radius 1 is 0.756 bits per heavy atom. The van der Waals surface area contributed by atoms with Crippen LogP contribution in [0.25, 0.3) is 0 Å². The predicted octanol–water partition coefficient (Wildman–Crippen LogP) is 4.71. The van der Waals surface area contributed by atoms with E-state index in [4.69, 9.17) is 23.7 Å². The zero-order valence-corrected chi connectivity index (χ0v) is 21.8. The fourth-order valence-corrected chi connectivity index (χ4v) is 4.08. The van der Waals surface area contributed by atoms with Gasteiger partial charge in [0.25, 0.3) is 0 Å². The van der Waals surface area contributed by atoms with E-state index in [-0.39, 0.29) is 40.1 Å². The Morgan fingerprint density at radius 3 is 1.98 bits per heavy atom.